The lowest BCUT2D eigenvalue weighted by molar-refractivity contribution is -0.129. The van der Waals surface area contributed by atoms with Crippen LogP contribution in [0, 0.1) is 37.0 Å². The van der Waals surface area contributed by atoms with E-state index in [0.717, 1.165) is 48.1 Å². The molecule has 2 fully saturated rings. The van der Waals surface area contributed by atoms with Crippen LogP contribution in [0.2, 0.25) is 0 Å². The maximum absolute atomic E-state index is 13.3. The molecule has 0 aliphatic heterocycles. The number of benzene rings is 1. The summed E-state index contributed by atoms with van der Waals surface area (Å²) in [5.74, 6) is 1.25. The van der Waals surface area contributed by atoms with Crippen molar-refractivity contribution in [3.05, 3.63) is 44.4 Å². The first-order chi connectivity index (χ1) is 16.7. The summed E-state index contributed by atoms with van der Waals surface area (Å²) in [5, 5.41) is 3.56. The molecule has 3 aromatic rings. The van der Waals surface area contributed by atoms with E-state index in [2.05, 4.69) is 28.3 Å². The number of anilines is 1. The number of carbonyl (C=O) groups excluding carboxylic acids is 2. The van der Waals surface area contributed by atoms with Gasteiger partial charge in [0.05, 0.1) is 5.52 Å². The van der Waals surface area contributed by atoms with Crippen LogP contribution in [0.15, 0.2) is 21.5 Å². The second-order valence-electron chi connectivity index (χ2n) is 11.0. The van der Waals surface area contributed by atoms with Crippen LogP contribution in [0.1, 0.15) is 72.9 Å². The maximum atomic E-state index is 13.3. The smallest absolute Gasteiger partial charge is 0.408 e. The number of ketones is 1. The summed E-state index contributed by atoms with van der Waals surface area (Å²) in [6.07, 6.45) is 7.22. The van der Waals surface area contributed by atoms with Gasteiger partial charge in [-0.25, -0.2) is 9.78 Å². The number of aromatic amines is 1. The summed E-state index contributed by atoms with van der Waals surface area (Å²) in [5.41, 5.74) is 4.74. The average molecular weight is 494 g/mol. The molecule has 0 spiro atoms. The number of amides is 1. The SMILES string of the molecule is Cc1cnc(NC(=O)CC[C@@H]2CC(=O)[C@@]3(C)CCC4c5cc(C)c6oc(=O)[nH]c6c5CCC4C23)s1. The van der Waals surface area contributed by atoms with Crippen molar-refractivity contribution in [3.63, 3.8) is 0 Å². The zero-order chi connectivity index (χ0) is 24.5. The molecule has 3 aliphatic carbocycles. The highest BCUT2D eigenvalue weighted by Gasteiger charge is 2.58. The fraction of sp³-hybridized carbons (Fsp3) is 0.556. The topological polar surface area (TPSA) is 105 Å². The summed E-state index contributed by atoms with van der Waals surface area (Å²) < 4.78 is 5.42. The molecule has 0 radical (unpaired) electrons. The molecule has 35 heavy (non-hydrogen) atoms. The number of thiazole rings is 1. The average Bonchev–Trinajstić information content (AvgIpc) is 3.48. The van der Waals surface area contributed by atoms with Gasteiger partial charge in [-0.1, -0.05) is 13.0 Å². The van der Waals surface area contributed by atoms with E-state index in [1.165, 1.54) is 22.5 Å². The monoisotopic (exact) mass is 493 g/mol. The molecular formula is C27H31N3O4S. The Balaban J connectivity index is 1.27. The van der Waals surface area contributed by atoms with E-state index in [1.54, 1.807) is 6.20 Å². The van der Waals surface area contributed by atoms with E-state index in [0.29, 0.717) is 41.2 Å². The molecule has 0 saturated heterocycles. The van der Waals surface area contributed by atoms with Gasteiger partial charge in [0.1, 0.15) is 5.78 Å². The van der Waals surface area contributed by atoms with Gasteiger partial charge in [-0.3, -0.25) is 14.6 Å². The zero-order valence-corrected chi connectivity index (χ0v) is 21.2. The fourth-order valence-electron chi connectivity index (χ4n) is 7.57. The highest BCUT2D eigenvalue weighted by molar-refractivity contribution is 7.15. The van der Waals surface area contributed by atoms with Crippen LogP contribution < -0.4 is 11.1 Å². The highest BCUT2D eigenvalue weighted by atomic mass is 32.1. The van der Waals surface area contributed by atoms with Crippen LogP contribution in [-0.4, -0.2) is 21.7 Å². The molecule has 1 amide bonds. The van der Waals surface area contributed by atoms with Gasteiger partial charge >= 0.3 is 5.76 Å². The zero-order valence-electron chi connectivity index (χ0n) is 20.4. The molecule has 3 aliphatic rings. The van der Waals surface area contributed by atoms with Crippen molar-refractivity contribution >= 4 is 39.3 Å². The predicted octanol–water partition coefficient (Wildman–Crippen LogP) is 5.26. The molecule has 184 valence electrons. The lowest BCUT2D eigenvalue weighted by Gasteiger charge is -2.50. The minimum atomic E-state index is -0.400. The van der Waals surface area contributed by atoms with Crippen LogP contribution in [0.25, 0.3) is 11.1 Å². The first-order valence-electron chi connectivity index (χ1n) is 12.7. The first-order valence-corrected chi connectivity index (χ1v) is 13.5. The van der Waals surface area contributed by atoms with Crippen LogP contribution >= 0.6 is 11.3 Å². The molecule has 8 heteroatoms. The molecule has 6 rings (SSSR count). The number of oxazole rings is 1. The van der Waals surface area contributed by atoms with Crippen molar-refractivity contribution in [1.29, 1.82) is 0 Å². The van der Waals surface area contributed by atoms with E-state index in [1.807, 2.05) is 13.8 Å². The van der Waals surface area contributed by atoms with Crippen molar-refractivity contribution in [3.8, 4) is 0 Å². The van der Waals surface area contributed by atoms with E-state index < -0.39 is 5.76 Å². The molecule has 7 nitrogen and oxygen atoms in total. The Morgan fingerprint density at radius 3 is 2.91 bits per heavy atom. The lowest BCUT2D eigenvalue weighted by atomic mass is 9.54. The number of Topliss-reactive ketones (excluding diaryl/α,β-unsaturated/α-hetero) is 1. The number of carbonyl (C=O) groups is 2. The number of nitrogens with zero attached hydrogens (tertiary/aromatic N) is 1. The second-order valence-corrected chi connectivity index (χ2v) is 12.3. The Labute approximate surface area is 207 Å². The molecule has 5 atom stereocenters. The Hall–Kier alpha value is -2.74. The van der Waals surface area contributed by atoms with Gasteiger partial charge in [-0.15, -0.1) is 11.3 Å². The number of H-pyrrole nitrogens is 1. The summed E-state index contributed by atoms with van der Waals surface area (Å²) in [6.45, 7) is 6.14. The summed E-state index contributed by atoms with van der Waals surface area (Å²) in [6, 6.07) is 2.21. The maximum Gasteiger partial charge on any atom is 0.417 e. The third-order valence-corrected chi connectivity index (χ3v) is 9.88. The number of fused-ring (bicyclic) bond motifs is 7. The number of hydrogen-bond donors (Lipinski definition) is 2. The molecule has 3 unspecified atom stereocenters. The molecule has 2 heterocycles. The Morgan fingerprint density at radius 2 is 2.14 bits per heavy atom. The quantitative estimate of drug-likeness (QED) is 0.515. The molecule has 2 aromatic heterocycles. The number of nitrogens with one attached hydrogen (secondary N) is 2. The summed E-state index contributed by atoms with van der Waals surface area (Å²) in [7, 11) is 0. The molecule has 2 saturated carbocycles. The third-order valence-electron chi connectivity index (χ3n) is 9.05. The Morgan fingerprint density at radius 1 is 1.31 bits per heavy atom. The number of rotatable bonds is 4. The van der Waals surface area contributed by atoms with Gasteiger partial charge in [0, 0.05) is 29.3 Å². The first kappa shape index (κ1) is 22.7. The Bertz CT molecular complexity index is 1400. The third kappa shape index (κ3) is 3.60. The number of aryl methyl sites for hydroxylation is 3. The van der Waals surface area contributed by atoms with Crippen LogP contribution in [0.3, 0.4) is 0 Å². The molecule has 2 N–H and O–H groups in total. The lowest BCUT2D eigenvalue weighted by Crippen LogP contribution is -2.44. The predicted molar refractivity (Wildman–Crippen MR) is 135 cm³/mol. The molecular weight excluding hydrogens is 462 g/mol. The van der Waals surface area contributed by atoms with E-state index >= 15 is 0 Å². The number of hydrogen-bond acceptors (Lipinski definition) is 6. The van der Waals surface area contributed by atoms with Crippen molar-refractivity contribution in [2.75, 3.05) is 5.32 Å². The van der Waals surface area contributed by atoms with Crippen LogP contribution in [0.4, 0.5) is 5.13 Å². The van der Waals surface area contributed by atoms with Crippen molar-refractivity contribution in [2.45, 2.75) is 71.6 Å². The van der Waals surface area contributed by atoms with Gasteiger partial charge in [-0.2, -0.15) is 0 Å². The second kappa shape index (κ2) is 8.15. The van der Waals surface area contributed by atoms with Crippen molar-refractivity contribution in [1.82, 2.24) is 9.97 Å². The summed E-state index contributed by atoms with van der Waals surface area (Å²) in [4.78, 5) is 46.1. The fourth-order valence-corrected chi connectivity index (χ4v) is 8.25. The minimum absolute atomic E-state index is 0.0244. The Kier molecular flexibility index (Phi) is 5.29. The van der Waals surface area contributed by atoms with Gasteiger partial charge in [0.15, 0.2) is 10.7 Å². The van der Waals surface area contributed by atoms with Gasteiger partial charge in [0.2, 0.25) is 5.91 Å². The van der Waals surface area contributed by atoms with Crippen LogP contribution in [0.5, 0.6) is 0 Å². The molecule has 0 bridgehead atoms. The van der Waals surface area contributed by atoms with E-state index in [9.17, 15) is 14.4 Å². The van der Waals surface area contributed by atoms with Gasteiger partial charge in [-0.05, 0) is 86.3 Å². The van der Waals surface area contributed by atoms with Crippen molar-refractivity contribution in [2.24, 2.45) is 23.2 Å². The van der Waals surface area contributed by atoms with E-state index in [-0.39, 0.29) is 23.2 Å². The van der Waals surface area contributed by atoms with Crippen LogP contribution in [-0.2, 0) is 16.0 Å². The molecule has 1 aromatic carbocycles. The highest BCUT2D eigenvalue weighted by Crippen LogP contribution is 2.62. The normalized spacial score (nSPS) is 29.6. The van der Waals surface area contributed by atoms with Crippen molar-refractivity contribution < 1.29 is 14.0 Å². The van der Waals surface area contributed by atoms with E-state index in [4.69, 9.17) is 4.42 Å². The van der Waals surface area contributed by atoms with Gasteiger partial charge < -0.3 is 9.73 Å². The summed E-state index contributed by atoms with van der Waals surface area (Å²) >= 11 is 1.48. The largest absolute Gasteiger partial charge is 0.417 e. The standard InChI is InChI=1S/C27H31N3O4S/c1-13-10-19-16-8-9-27(3)20(31)11-15(4-7-21(32)29-25-28-12-14(2)35-25)22(27)17(16)5-6-18(19)23-24(13)34-26(33)30-23/h10,12,15-17,22H,4-9,11H2,1-3H3,(H,30,33)(H,28,29,32)/t15-,16?,17?,22?,27-/m1/s1. The number of aromatic nitrogens is 2. The van der Waals surface area contributed by atoms with Gasteiger partial charge in [0.25, 0.3) is 0 Å². The minimum Gasteiger partial charge on any atom is -0.408 e.